The lowest BCUT2D eigenvalue weighted by Gasteiger charge is -2.37. The second-order valence-electron chi connectivity index (χ2n) is 10.2. The highest BCUT2D eigenvalue weighted by molar-refractivity contribution is 7.81. The van der Waals surface area contributed by atoms with Crippen molar-refractivity contribution in [3.63, 3.8) is 0 Å². The van der Waals surface area contributed by atoms with Gasteiger partial charge in [0.2, 0.25) is 0 Å². The molecule has 0 saturated carbocycles. The second-order valence-corrected chi connectivity index (χ2v) is 33.5. The van der Waals surface area contributed by atoms with Gasteiger partial charge >= 0.3 is 15.2 Å². The first-order valence-corrected chi connectivity index (χ1v) is 25.4. The first kappa shape index (κ1) is 26.9. The van der Waals surface area contributed by atoms with E-state index in [4.69, 9.17) is 16.9 Å². The van der Waals surface area contributed by atoms with Crippen molar-refractivity contribution in [3.05, 3.63) is 11.6 Å². The predicted octanol–water partition coefficient (Wildman–Crippen LogP) is 7.25. The first-order chi connectivity index (χ1) is 11.0. The Morgan fingerprint density at radius 3 is 0.808 bits per heavy atom. The zero-order valence-electron chi connectivity index (χ0n) is 18.6. The zero-order chi connectivity index (χ0) is 21.4. The molecule has 0 fully saturated rings. The van der Waals surface area contributed by atoms with Crippen LogP contribution in [0.3, 0.4) is 0 Å². The Hall–Kier alpha value is 0.908. The highest BCUT2D eigenvalue weighted by Crippen LogP contribution is 2.75. The van der Waals surface area contributed by atoms with Gasteiger partial charge in [0.05, 0.1) is 0 Å². The Balaban J connectivity index is 6.29. The summed E-state index contributed by atoms with van der Waals surface area (Å²) in [7, 11) is -16.9. The minimum atomic E-state index is -3.89. The Morgan fingerprint density at radius 2 is 0.692 bits per heavy atom. The number of rotatable bonds is 10. The summed E-state index contributed by atoms with van der Waals surface area (Å²) in [6, 6.07) is 0. The average molecular weight is 477 g/mol. The van der Waals surface area contributed by atoms with E-state index in [9.17, 15) is 9.13 Å². The fourth-order valence-electron chi connectivity index (χ4n) is 1.84. The van der Waals surface area contributed by atoms with Crippen molar-refractivity contribution in [2.24, 2.45) is 0 Å². The SMILES string of the molecule is C=C(P(=O)(O[Si](C)(C)C)O[Si](C)(C)C)P(=O)(O[Si](C)(C)C)O[Si](C)(C)C. The fraction of sp³-hybridized carbons (Fsp3) is 0.857. The molecule has 156 valence electrons. The normalized spacial score (nSPS) is 15.2. The third-order valence-corrected chi connectivity index (χ3v) is 17.6. The second kappa shape index (κ2) is 8.34. The van der Waals surface area contributed by atoms with Gasteiger partial charge < -0.3 is 16.9 Å². The molecule has 0 aromatic rings. The summed E-state index contributed by atoms with van der Waals surface area (Å²) in [5.41, 5.74) is 0. The van der Waals surface area contributed by atoms with Crippen molar-refractivity contribution in [2.45, 2.75) is 78.6 Å². The van der Waals surface area contributed by atoms with Crippen molar-refractivity contribution in [3.8, 4) is 0 Å². The van der Waals surface area contributed by atoms with E-state index in [1.165, 1.54) is 0 Å². The molecular weight excluding hydrogens is 438 g/mol. The monoisotopic (exact) mass is 476 g/mol. The van der Waals surface area contributed by atoms with Crippen LogP contribution >= 0.6 is 15.2 Å². The molecule has 0 unspecified atom stereocenters. The summed E-state index contributed by atoms with van der Waals surface area (Å²) in [5, 5.41) is -0.153. The molecule has 12 heteroatoms. The molecule has 0 aromatic carbocycles. The maximum Gasteiger partial charge on any atom is 0.349 e. The van der Waals surface area contributed by atoms with Gasteiger partial charge in [0.15, 0.2) is 33.3 Å². The maximum atomic E-state index is 13.8. The zero-order valence-corrected chi connectivity index (χ0v) is 24.3. The van der Waals surface area contributed by atoms with E-state index in [0.717, 1.165) is 0 Å². The van der Waals surface area contributed by atoms with E-state index in [0.29, 0.717) is 0 Å². The van der Waals surface area contributed by atoms with Crippen LogP contribution in [0, 0.1) is 0 Å². The minimum absolute atomic E-state index is 0.153. The largest absolute Gasteiger partial charge is 0.349 e. The summed E-state index contributed by atoms with van der Waals surface area (Å²) in [6.07, 6.45) is 0. The molecule has 0 heterocycles. The summed E-state index contributed by atoms with van der Waals surface area (Å²) < 4.78 is 51.4. The molecule has 0 atom stereocenters. The summed E-state index contributed by atoms with van der Waals surface area (Å²) in [4.78, 5) is 0. The molecule has 0 rings (SSSR count). The molecule has 0 N–H and O–H groups in total. The molecule has 0 spiro atoms. The van der Waals surface area contributed by atoms with Crippen molar-refractivity contribution in [1.29, 1.82) is 0 Å². The van der Waals surface area contributed by atoms with Gasteiger partial charge in [0, 0.05) is 0 Å². The van der Waals surface area contributed by atoms with Crippen molar-refractivity contribution in [2.75, 3.05) is 0 Å². The Kier molecular flexibility index (Phi) is 8.63. The minimum Gasteiger partial charge on any atom is -0.348 e. The topological polar surface area (TPSA) is 71.1 Å². The quantitative estimate of drug-likeness (QED) is 0.244. The summed E-state index contributed by atoms with van der Waals surface area (Å²) >= 11 is 0. The number of hydrogen-bond donors (Lipinski definition) is 0. The van der Waals surface area contributed by atoms with Gasteiger partial charge in [-0.05, 0) is 78.6 Å². The smallest absolute Gasteiger partial charge is 0.348 e. The Bertz CT molecular complexity index is 519. The highest BCUT2D eigenvalue weighted by atomic mass is 31.2. The fourth-order valence-corrected chi connectivity index (χ4v) is 18.7. The molecular formula is C14H38O6P2Si4. The van der Waals surface area contributed by atoms with Crippen LogP contribution in [0.4, 0.5) is 0 Å². The van der Waals surface area contributed by atoms with Crippen LogP contribution in [-0.2, 0) is 26.0 Å². The van der Waals surface area contributed by atoms with Crippen LogP contribution in [0.25, 0.3) is 0 Å². The van der Waals surface area contributed by atoms with Crippen molar-refractivity contribution >= 4 is 48.5 Å². The molecule has 0 amide bonds. The molecule has 0 radical (unpaired) electrons. The lowest BCUT2D eigenvalue weighted by molar-refractivity contribution is 0.378. The van der Waals surface area contributed by atoms with Gasteiger partial charge in [-0.25, -0.2) is 0 Å². The standard InChI is InChI=1S/C14H38O6P2Si4/c1-14(21(15,17-23(2,3)4)18-24(5,6)7)22(16,19-25(8,9)10)20-26(11,12)13/h1H2,2-13H3. The van der Waals surface area contributed by atoms with Crippen molar-refractivity contribution < 1.29 is 26.0 Å². The number of hydrogen-bond acceptors (Lipinski definition) is 6. The third kappa shape index (κ3) is 10.5. The maximum absolute atomic E-state index is 13.8. The molecule has 6 nitrogen and oxygen atoms in total. The third-order valence-electron chi connectivity index (χ3n) is 2.21. The lowest BCUT2D eigenvalue weighted by atomic mass is 11.2. The molecule has 0 aromatic heterocycles. The highest BCUT2D eigenvalue weighted by Gasteiger charge is 2.51. The Morgan fingerprint density at radius 1 is 0.538 bits per heavy atom. The van der Waals surface area contributed by atoms with E-state index in [1.807, 2.05) is 78.6 Å². The van der Waals surface area contributed by atoms with Crippen LogP contribution in [0.15, 0.2) is 11.6 Å². The first-order valence-electron chi connectivity index (χ1n) is 8.71. The van der Waals surface area contributed by atoms with E-state index in [-0.39, 0.29) is 5.06 Å². The van der Waals surface area contributed by atoms with Gasteiger partial charge in [0.25, 0.3) is 0 Å². The average Bonchev–Trinajstić information content (AvgIpc) is 2.16. The molecule has 0 saturated heterocycles. The van der Waals surface area contributed by atoms with Gasteiger partial charge in [-0.3, -0.25) is 9.13 Å². The van der Waals surface area contributed by atoms with Crippen LogP contribution in [0.1, 0.15) is 0 Å². The van der Waals surface area contributed by atoms with E-state index < -0.39 is 48.5 Å². The van der Waals surface area contributed by atoms with Crippen LogP contribution in [0.5, 0.6) is 0 Å². The van der Waals surface area contributed by atoms with E-state index >= 15 is 0 Å². The Labute approximate surface area is 164 Å². The van der Waals surface area contributed by atoms with Crippen LogP contribution in [-0.4, -0.2) is 33.3 Å². The van der Waals surface area contributed by atoms with Gasteiger partial charge in [-0.15, -0.1) is 0 Å². The summed E-state index contributed by atoms with van der Waals surface area (Å²) in [6.45, 7) is 26.8. The van der Waals surface area contributed by atoms with Gasteiger partial charge in [-0.2, -0.15) is 0 Å². The summed E-state index contributed by atoms with van der Waals surface area (Å²) in [5.74, 6) is 0. The molecule has 0 bridgehead atoms. The lowest BCUT2D eigenvalue weighted by Crippen LogP contribution is -2.33. The predicted molar refractivity (Wildman–Crippen MR) is 122 cm³/mol. The van der Waals surface area contributed by atoms with Crippen LogP contribution in [0.2, 0.25) is 78.6 Å². The van der Waals surface area contributed by atoms with E-state index in [2.05, 4.69) is 6.58 Å². The van der Waals surface area contributed by atoms with E-state index in [1.54, 1.807) is 0 Å². The molecule has 0 aliphatic carbocycles. The molecule has 0 aliphatic rings. The molecule has 0 aliphatic heterocycles. The van der Waals surface area contributed by atoms with Gasteiger partial charge in [0.1, 0.15) is 5.06 Å². The van der Waals surface area contributed by atoms with Crippen LogP contribution < -0.4 is 0 Å². The van der Waals surface area contributed by atoms with Gasteiger partial charge in [-0.1, -0.05) is 6.58 Å². The molecule has 26 heavy (non-hydrogen) atoms. The van der Waals surface area contributed by atoms with Crippen molar-refractivity contribution in [1.82, 2.24) is 0 Å².